The Morgan fingerprint density at radius 1 is 0.556 bits per heavy atom. The first kappa shape index (κ1) is 35.4. The molecule has 3 aromatic heterocycles. The van der Waals surface area contributed by atoms with Gasteiger partial charge in [-0.15, -0.1) is 0 Å². The van der Waals surface area contributed by atoms with Crippen LogP contribution in [0.2, 0.25) is 0 Å². The minimum Gasteiger partial charge on any atom is -0.345 e. The minimum atomic E-state index is 0.382. The summed E-state index contributed by atoms with van der Waals surface area (Å²) in [6, 6.07) is 37.8. The van der Waals surface area contributed by atoms with Gasteiger partial charge >= 0.3 is 0 Å². The fraction of sp³-hybridized carbons (Fsp3) is 0.265. The van der Waals surface area contributed by atoms with Crippen molar-refractivity contribution in [3.63, 3.8) is 0 Å². The van der Waals surface area contributed by atoms with E-state index in [4.69, 9.17) is 9.97 Å². The topological polar surface area (TPSA) is 38.4 Å². The average molecular weight is 710 g/mol. The predicted octanol–water partition coefficient (Wildman–Crippen LogP) is 13.4. The maximum Gasteiger partial charge on any atom is 0.145 e. The normalized spacial score (nSPS) is 12.1. The highest BCUT2D eigenvalue weighted by atomic mass is 15.1. The molecule has 0 aliphatic carbocycles. The van der Waals surface area contributed by atoms with E-state index in [1.165, 1.54) is 49.8 Å². The van der Waals surface area contributed by atoms with Crippen LogP contribution in [0.15, 0.2) is 122 Å². The third-order valence-corrected chi connectivity index (χ3v) is 11.2. The molecule has 0 amide bonds. The lowest BCUT2D eigenvalue weighted by atomic mass is 9.87. The quantitative estimate of drug-likeness (QED) is 0.140. The Labute approximate surface area is 320 Å². The molecule has 5 heteroatoms. The van der Waals surface area contributed by atoms with Crippen LogP contribution in [0.1, 0.15) is 101 Å². The number of hydrogen-bond acceptors (Lipinski definition) is 3. The van der Waals surface area contributed by atoms with E-state index in [9.17, 15) is 0 Å². The Hall–Kier alpha value is -5.68. The van der Waals surface area contributed by atoms with Crippen LogP contribution in [0.25, 0.3) is 55.7 Å². The molecule has 0 aliphatic rings. The Bertz CT molecular complexity index is 2600. The van der Waals surface area contributed by atoms with E-state index < -0.39 is 0 Å². The monoisotopic (exact) mass is 709 g/mol. The van der Waals surface area contributed by atoms with Crippen molar-refractivity contribution in [2.45, 2.75) is 79.1 Å². The third-order valence-electron chi connectivity index (χ3n) is 11.2. The maximum absolute atomic E-state index is 5.21. The van der Waals surface area contributed by atoms with Crippen molar-refractivity contribution in [2.75, 3.05) is 11.9 Å². The summed E-state index contributed by atoms with van der Waals surface area (Å²) in [6.07, 6.45) is 6.13. The Balaban J connectivity index is 1.27. The number of rotatable bonds is 9. The van der Waals surface area contributed by atoms with Crippen molar-refractivity contribution in [3.05, 3.63) is 144 Å². The molecule has 272 valence electrons. The number of para-hydroxylation sites is 2. The molecule has 5 nitrogen and oxygen atoms in total. The number of benzene rings is 5. The molecule has 0 radical (unpaired) electrons. The number of fused-ring (bicyclic) bond motifs is 6. The van der Waals surface area contributed by atoms with Gasteiger partial charge in [-0.3, -0.25) is 8.97 Å². The highest BCUT2D eigenvalue weighted by Gasteiger charge is 2.23. The minimum absolute atomic E-state index is 0.382. The second kappa shape index (κ2) is 13.9. The highest BCUT2D eigenvalue weighted by molar-refractivity contribution is 6.13. The summed E-state index contributed by atoms with van der Waals surface area (Å²) in [5.74, 6) is 2.48. The number of imidazole rings is 2. The largest absolute Gasteiger partial charge is 0.345 e. The molecule has 0 unspecified atom stereocenters. The molecular weight excluding hydrogens is 659 g/mol. The molecule has 0 saturated carbocycles. The molecule has 8 aromatic rings. The van der Waals surface area contributed by atoms with Crippen LogP contribution in [-0.4, -0.2) is 26.0 Å². The van der Waals surface area contributed by atoms with Gasteiger partial charge in [-0.25, -0.2) is 9.97 Å². The first-order valence-electron chi connectivity index (χ1n) is 19.5. The van der Waals surface area contributed by atoms with Gasteiger partial charge in [0.1, 0.15) is 11.5 Å². The Morgan fingerprint density at radius 3 is 1.83 bits per heavy atom. The molecule has 3 heterocycles. The van der Waals surface area contributed by atoms with E-state index in [1.807, 2.05) is 6.20 Å². The van der Waals surface area contributed by atoms with Crippen LogP contribution in [0.3, 0.4) is 0 Å². The molecule has 0 saturated heterocycles. The second-order valence-electron chi connectivity index (χ2n) is 16.0. The first-order chi connectivity index (χ1) is 26.0. The van der Waals surface area contributed by atoms with Crippen molar-refractivity contribution < 1.29 is 0 Å². The number of hydrogen-bond donors (Lipinski definition) is 0. The number of pyridine rings is 1. The first-order valence-corrected chi connectivity index (χ1v) is 19.5. The molecule has 0 atom stereocenters. The fourth-order valence-corrected chi connectivity index (χ4v) is 8.36. The lowest BCUT2D eigenvalue weighted by molar-refractivity contribution is 0.806. The average Bonchev–Trinajstić information content (AvgIpc) is 3.85. The smallest absolute Gasteiger partial charge is 0.145 e. The van der Waals surface area contributed by atoms with Crippen LogP contribution < -0.4 is 4.90 Å². The lowest BCUT2D eigenvalue weighted by Gasteiger charge is -2.23. The van der Waals surface area contributed by atoms with E-state index in [1.54, 1.807) is 0 Å². The summed E-state index contributed by atoms with van der Waals surface area (Å²) in [6.45, 7) is 18.2. The van der Waals surface area contributed by atoms with Gasteiger partial charge in [0.25, 0.3) is 0 Å². The highest BCUT2D eigenvalue weighted by Crippen LogP contribution is 2.41. The molecule has 0 aliphatic heterocycles. The fourth-order valence-electron chi connectivity index (χ4n) is 8.36. The Morgan fingerprint density at radius 2 is 1.17 bits per heavy atom. The van der Waals surface area contributed by atoms with Crippen molar-refractivity contribution >= 4 is 38.7 Å². The van der Waals surface area contributed by atoms with Crippen LogP contribution >= 0.6 is 0 Å². The number of anilines is 2. The van der Waals surface area contributed by atoms with E-state index in [2.05, 4.69) is 192 Å². The van der Waals surface area contributed by atoms with Crippen LogP contribution in [0.5, 0.6) is 0 Å². The standard InChI is InChI=1S/C49H51N5/c1-30(2)37-18-13-19-38(31(3)4)46(37)45-29-51-49-43-28-36(23-24-41(43)42-17-10-11-22-44(42)54(45)49)52(9)35-16-12-15-34(27-35)48-50-25-26-53(48)47-39(32(5)6)20-14-21-40(47)33(7)8/h10-33H,1-9H3. The van der Waals surface area contributed by atoms with Crippen molar-refractivity contribution in [1.29, 1.82) is 0 Å². The van der Waals surface area contributed by atoms with Gasteiger partial charge in [0, 0.05) is 52.7 Å². The molecular formula is C49H51N5. The zero-order valence-electron chi connectivity index (χ0n) is 33.1. The summed E-state index contributed by atoms with van der Waals surface area (Å²) in [4.78, 5) is 12.4. The van der Waals surface area contributed by atoms with E-state index in [0.29, 0.717) is 23.7 Å². The van der Waals surface area contributed by atoms with Crippen LogP contribution in [0.4, 0.5) is 11.4 Å². The zero-order valence-corrected chi connectivity index (χ0v) is 33.1. The molecule has 0 fully saturated rings. The van der Waals surface area contributed by atoms with E-state index in [-0.39, 0.29) is 0 Å². The van der Waals surface area contributed by atoms with Gasteiger partial charge in [-0.1, -0.05) is 128 Å². The molecule has 0 bridgehead atoms. The molecule has 5 aromatic carbocycles. The summed E-state index contributed by atoms with van der Waals surface area (Å²) in [5, 5.41) is 3.56. The van der Waals surface area contributed by atoms with Gasteiger partial charge in [-0.05, 0) is 81.6 Å². The summed E-state index contributed by atoms with van der Waals surface area (Å²) in [5.41, 5.74) is 14.5. The second-order valence-corrected chi connectivity index (χ2v) is 16.0. The van der Waals surface area contributed by atoms with Gasteiger partial charge in [0.2, 0.25) is 0 Å². The third kappa shape index (κ3) is 5.87. The zero-order chi connectivity index (χ0) is 37.8. The van der Waals surface area contributed by atoms with Crippen molar-refractivity contribution in [1.82, 2.24) is 18.9 Å². The van der Waals surface area contributed by atoms with E-state index >= 15 is 0 Å². The van der Waals surface area contributed by atoms with Crippen molar-refractivity contribution in [2.24, 2.45) is 0 Å². The maximum atomic E-state index is 5.21. The van der Waals surface area contributed by atoms with Gasteiger partial charge in [0.05, 0.1) is 23.1 Å². The summed E-state index contributed by atoms with van der Waals surface area (Å²) in [7, 11) is 2.15. The molecule has 0 N–H and O–H groups in total. The summed E-state index contributed by atoms with van der Waals surface area (Å²) < 4.78 is 4.69. The van der Waals surface area contributed by atoms with Crippen LogP contribution in [-0.2, 0) is 0 Å². The molecule has 8 rings (SSSR count). The Kier molecular flexibility index (Phi) is 9.13. The van der Waals surface area contributed by atoms with Crippen LogP contribution in [0, 0.1) is 0 Å². The van der Waals surface area contributed by atoms with Gasteiger partial charge < -0.3 is 4.90 Å². The van der Waals surface area contributed by atoms with Gasteiger partial charge in [0.15, 0.2) is 0 Å². The summed E-state index contributed by atoms with van der Waals surface area (Å²) >= 11 is 0. The number of aromatic nitrogens is 4. The molecule has 54 heavy (non-hydrogen) atoms. The number of nitrogens with zero attached hydrogens (tertiary/aromatic N) is 5. The van der Waals surface area contributed by atoms with Crippen molar-refractivity contribution in [3.8, 4) is 28.3 Å². The van der Waals surface area contributed by atoms with Gasteiger partial charge in [-0.2, -0.15) is 0 Å². The SMILES string of the molecule is CC(C)c1cccc(C(C)C)c1-c1cnc2c3cc(N(C)c4cccc(-c5nccn5-c5c(C(C)C)cccc5C(C)C)c4)ccc3c3ccccc3n12. The molecule has 0 spiro atoms. The predicted molar refractivity (Wildman–Crippen MR) is 229 cm³/mol. The lowest BCUT2D eigenvalue weighted by Crippen LogP contribution is -2.10. The van der Waals surface area contributed by atoms with E-state index in [0.717, 1.165) is 39.5 Å².